The van der Waals surface area contributed by atoms with Crippen molar-refractivity contribution in [3.8, 4) is 0 Å². The van der Waals surface area contributed by atoms with Gasteiger partial charge in [-0.05, 0) is 29.9 Å². The highest BCUT2D eigenvalue weighted by Gasteiger charge is 2.50. The number of ether oxygens (including phenoxy) is 3. The van der Waals surface area contributed by atoms with Gasteiger partial charge in [0.15, 0.2) is 5.79 Å². The Labute approximate surface area is 184 Å². The molecule has 1 saturated carbocycles. The van der Waals surface area contributed by atoms with Crippen molar-refractivity contribution in [2.75, 3.05) is 19.8 Å². The lowest BCUT2D eigenvalue weighted by Gasteiger charge is -2.50. The second-order valence-corrected chi connectivity index (χ2v) is 9.12. The predicted molar refractivity (Wildman–Crippen MR) is 117 cm³/mol. The summed E-state index contributed by atoms with van der Waals surface area (Å²) < 4.78 is 17.8. The van der Waals surface area contributed by atoms with E-state index in [9.17, 15) is 4.79 Å². The molecule has 5 heteroatoms. The van der Waals surface area contributed by atoms with E-state index in [2.05, 4.69) is 29.2 Å². The molecular weight excluding hydrogens is 390 g/mol. The van der Waals surface area contributed by atoms with Gasteiger partial charge in [-0.2, -0.15) is 0 Å². The summed E-state index contributed by atoms with van der Waals surface area (Å²) in [6, 6.07) is 20.9. The first-order valence-electron chi connectivity index (χ1n) is 11.5. The standard InChI is InChI=1S/C26H31NO4/c28-25(29-19-21-9-5-2-6-10-21)23-15-22-16-26(30-13-14-31-26)12-11-24(22)27(18-23)17-20-7-3-1-4-8-20/h1-10,22-24H,11-19H2. The maximum absolute atomic E-state index is 13.0. The number of fused-ring (bicyclic) bond motifs is 1. The van der Waals surface area contributed by atoms with Crippen LogP contribution in [0.25, 0.3) is 0 Å². The third kappa shape index (κ3) is 4.69. The maximum Gasteiger partial charge on any atom is 0.310 e. The molecule has 0 N–H and O–H groups in total. The minimum Gasteiger partial charge on any atom is -0.461 e. The summed E-state index contributed by atoms with van der Waals surface area (Å²) in [5.74, 6) is -0.271. The Morgan fingerprint density at radius 3 is 2.39 bits per heavy atom. The van der Waals surface area contributed by atoms with E-state index in [1.807, 2.05) is 36.4 Å². The smallest absolute Gasteiger partial charge is 0.310 e. The second kappa shape index (κ2) is 9.11. The number of benzene rings is 2. The Bertz CT molecular complexity index is 865. The minimum absolute atomic E-state index is 0.0896. The third-order valence-electron chi connectivity index (χ3n) is 7.05. The molecule has 2 heterocycles. The molecule has 5 rings (SSSR count). The van der Waals surface area contributed by atoms with Gasteiger partial charge in [-0.15, -0.1) is 0 Å². The van der Waals surface area contributed by atoms with Gasteiger partial charge >= 0.3 is 5.97 Å². The van der Waals surface area contributed by atoms with Crippen molar-refractivity contribution in [2.45, 2.75) is 50.7 Å². The highest BCUT2D eigenvalue weighted by Crippen LogP contribution is 2.45. The summed E-state index contributed by atoms with van der Waals surface area (Å²) in [5.41, 5.74) is 2.31. The minimum atomic E-state index is -0.435. The van der Waals surface area contributed by atoms with Crippen LogP contribution in [0.5, 0.6) is 0 Å². The zero-order chi connectivity index (χ0) is 21.1. The molecule has 0 amide bonds. The van der Waals surface area contributed by atoms with Gasteiger partial charge < -0.3 is 14.2 Å². The fraction of sp³-hybridized carbons (Fsp3) is 0.500. The number of nitrogens with zero attached hydrogens (tertiary/aromatic N) is 1. The number of hydrogen-bond donors (Lipinski definition) is 0. The van der Waals surface area contributed by atoms with E-state index >= 15 is 0 Å². The lowest BCUT2D eigenvalue weighted by molar-refractivity contribution is -0.205. The number of rotatable bonds is 5. The molecule has 1 spiro atoms. The zero-order valence-corrected chi connectivity index (χ0v) is 17.9. The molecule has 3 unspecified atom stereocenters. The summed E-state index contributed by atoms with van der Waals surface area (Å²) in [7, 11) is 0. The van der Waals surface area contributed by atoms with Gasteiger partial charge in [-0.1, -0.05) is 60.7 Å². The van der Waals surface area contributed by atoms with E-state index in [1.165, 1.54) is 5.56 Å². The largest absolute Gasteiger partial charge is 0.461 e. The van der Waals surface area contributed by atoms with E-state index in [0.29, 0.717) is 31.8 Å². The summed E-state index contributed by atoms with van der Waals surface area (Å²) in [4.78, 5) is 15.5. The van der Waals surface area contributed by atoms with Gasteiger partial charge in [0, 0.05) is 32.0 Å². The quantitative estimate of drug-likeness (QED) is 0.679. The first-order chi connectivity index (χ1) is 15.2. The number of carbonyl (C=O) groups excluding carboxylic acids is 1. The molecule has 2 saturated heterocycles. The van der Waals surface area contributed by atoms with Crippen molar-refractivity contribution in [1.82, 2.24) is 4.90 Å². The number of carbonyl (C=O) groups is 1. The summed E-state index contributed by atoms with van der Waals surface area (Å²) in [5, 5.41) is 0. The van der Waals surface area contributed by atoms with Crippen LogP contribution in [0.1, 0.15) is 36.8 Å². The fourth-order valence-corrected chi connectivity index (χ4v) is 5.60. The lowest BCUT2D eigenvalue weighted by atomic mass is 9.72. The van der Waals surface area contributed by atoms with Gasteiger partial charge in [0.05, 0.1) is 19.1 Å². The van der Waals surface area contributed by atoms with Crippen molar-refractivity contribution in [1.29, 1.82) is 0 Å². The van der Waals surface area contributed by atoms with E-state index in [0.717, 1.165) is 44.3 Å². The monoisotopic (exact) mass is 421 g/mol. The van der Waals surface area contributed by atoms with Crippen LogP contribution < -0.4 is 0 Å². The van der Waals surface area contributed by atoms with Crippen LogP contribution in [0.3, 0.4) is 0 Å². The van der Waals surface area contributed by atoms with Crippen molar-refractivity contribution >= 4 is 5.97 Å². The van der Waals surface area contributed by atoms with Gasteiger partial charge in [0.25, 0.3) is 0 Å². The van der Waals surface area contributed by atoms with E-state index in [4.69, 9.17) is 14.2 Å². The molecule has 1 aliphatic carbocycles. The Morgan fingerprint density at radius 1 is 1.00 bits per heavy atom. The molecule has 0 aromatic heterocycles. The van der Waals surface area contributed by atoms with Crippen LogP contribution in [0.2, 0.25) is 0 Å². The molecule has 3 aliphatic rings. The van der Waals surface area contributed by atoms with E-state index < -0.39 is 5.79 Å². The average Bonchev–Trinajstić information content (AvgIpc) is 3.26. The molecule has 5 nitrogen and oxygen atoms in total. The number of piperidine rings is 1. The molecule has 0 bridgehead atoms. The molecule has 0 radical (unpaired) electrons. The number of hydrogen-bond acceptors (Lipinski definition) is 5. The van der Waals surface area contributed by atoms with Crippen molar-refractivity contribution in [3.63, 3.8) is 0 Å². The Kier molecular flexibility index (Phi) is 6.08. The lowest BCUT2D eigenvalue weighted by Crippen LogP contribution is -2.55. The normalized spacial score (nSPS) is 27.7. The van der Waals surface area contributed by atoms with Crippen molar-refractivity contribution in [2.24, 2.45) is 11.8 Å². The molecule has 2 aromatic carbocycles. The number of esters is 1. The highest BCUT2D eigenvalue weighted by atomic mass is 16.7. The Morgan fingerprint density at radius 2 is 1.68 bits per heavy atom. The van der Waals surface area contributed by atoms with E-state index in [-0.39, 0.29) is 11.9 Å². The van der Waals surface area contributed by atoms with Gasteiger partial charge in [-0.3, -0.25) is 9.69 Å². The van der Waals surface area contributed by atoms with Crippen molar-refractivity contribution in [3.05, 3.63) is 71.8 Å². The first kappa shape index (κ1) is 20.7. The summed E-state index contributed by atoms with van der Waals surface area (Å²) in [6.45, 7) is 3.29. The van der Waals surface area contributed by atoms with Crippen LogP contribution in [0.4, 0.5) is 0 Å². The van der Waals surface area contributed by atoms with Crippen LogP contribution >= 0.6 is 0 Å². The summed E-state index contributed by atoms with van der Waals surface area (Å²) in [6.07, 6.45) is 3.69. The molecule has 3 fully saturated rings. The molecule has 2 aromatic rings. The topological polar surface area (TPSA) is 48.0 Å². The van der Waals surface area contributed by atoms with Gasteiger partial charge in [-0.25, -0.2) is 0 Å². The maximum atomic E-state index is 13.0. The van der Waals surface area contributed by atoms with Crippen LogP contribution in [0, 0.1) is 11.8 Å². The zero-order valence-electron chi connectivity index (χ0n) is 17.9. The molecule has 31 heavy (non-hydrogen) atoms. The molecular formula is C26H31NO4. The second-order valence-electron chi connectivity index (χ2n) is 9.12. The highest BCUT2D eigenvalue weighted by molar-refractivity contribution is 5.73. The average molecular weight is 422 g/mol. The Hall–Kier alpha value is -2.21. The molecule has 2 aliphatic heterocycles. The third-order valence-corrected chi connectivity index (χ3v) is 7.05. The van der Waals surface area contributed by atoms with Crippen LogP contribution in [0.15, 0.2) is 60.7 Å². The predicted octanol–water partition coefficient (Wildman–Crippen LogP) is 4.16. The van der Waals surface area contributed by atoms with Crippen molar-refractivity contribution < 1.29 is 19.0 Å². The summed E-state index contributed by atoms with van der Waals surface area (Å²) >= 11 is 0. The SMILES string of the molecule is O=C(OCc1ccccc1)C1CC2CC3(CCC2N(Cc2ccccc2)C1)OCCO3. The Balaban J connectivity index is 1.30. The van der Waals surface area contributed by atoms with Gasteiger partial charge in [0.1, 0.15) is 6.61 Å². The molecule has 3 atom stereocenters. The van der Waals surface area contributed by atoms with E-state index in [1.54, 1.807) is 0 Å². The molecule has 164 valence electrons. The van der Waals surface area contributed by atoms with Gasteiger partial charge in [0.2, 0.25) is 0 Å². The fourth-order valence-electron chi connectivity index (χ4n) is 5.60. The van der Waals surface area contributed by atoms with Crippen LogP contribution in [-0.4, -0.2) is 42.5 Å². The first-order valence-corrected chi connectivity index (χ1v) is 11.5. The van der Waals surface area contributed by atoms with Crippen LogP contribution in [-0.2, 0) is 32.2 Å². The number of likely N-dealkylation sites (tertiary alicyclic amines) is 1.